The molecule has 39 heavy (non-hydrogen) atoms. The lowest BCUT2D eigenvalue weighted by Gasteiger charge is -2.23. The van der Waals surface area contributed by atoms with Gasteiger partial charge in [0.15, 0.2) is 0 Å². The van der Waals surface area contributed by atoms with E-state index < -0.39 is 5.82 Å². The van der Waals surface area contributed by atoms with Crippen LogP contribution in [0.15, 0.2) is 49.1 Å². The maximum atomic E-state index is 14.1. The van der Waals surface area contributed by atoms with Crippen LogP contribution in [0.5, 0.6) is 0 Å². The molecule has 2 amide bonds. The van der Waals surface area contributed by atoms with E-state index in [9.17, 15) is 14.0 Å². The molecule has 0 unspecified atom stereocenters. The molecular formula is C29H36FN7O2. The minimum Gasteiger partial charge on any atom is -0.355 e. The summed E-state index contributed by atoms with van der Waals surface area (Å²) in [4.78, 5) is 36.6. The maximum absolute atomic E-state index is 14.1. The number of nitrogens with one attached hydrogen (secondary N) is 1. The van der Waals surface area contributed by atoms with Crippen LogP contribution < -0.4 is 5.32 Å². The lowest BCUT2D eigenvalue weighted by Crippen LogP contribution is -2.32. The maximum Gasteiger partial charge on any atom is 0.253 e. The molecule has 0 atom stereocenters. The molecule has 10 heteroatoms. The third-order valence-electron chi connectivity index (χ3n) is 7.08. The highest BCUT2D eigenvalue weighted by Gasteiger charge is 2.18. The number of amides is 2. The van der Waals surface area contributed by atoms with Crippen molar-refractivity contribution in [2.24, 2.45) is 5.92 Å². The van der Waals surface area contributed by atoms with E-state index in [1.165, 1.54) is 45.2 Å². The molecule has 2 aliphatic rings. The largest absolute Gasteiger partial charge is 0.355 e. The van der Waals surface area contributed by atoms with E-state index in [2.05, 4.69) is 31.8 Å². The number of nitrogens with zero attached hydrogens (tertiary/aromatic N) is 6. The highest BCUT2D eigenvalue weighted by atomic mass is 19.1. The second kappa shape index (κ2) is 13.1. The standard InChI is InChI=1S/C15H13FN4O.C7H9N3O.C7H14/c1-9-18-7-6-13(19-9)20-8-10(15(21)17-2)14-11(16)4-3-5-12(14)20;11-6-9-3-4-10-2-1-8-7(10)5-9;1-7-5-3-2-4-6-7/h3-8H,1-2H3,(H,17,21);1-2,6H,3-5H2;7H,2-6H2,1H3. The number of carbonyl (C=O) groups is 2. The van der Waals surface area contributed by atoms with Gasteiger partial charge in [0.1, 0.15) is 23.3 Å². The highest BCUT2D eigenvalue weighted by molar-refractivity contribution is 6.07. The minimum atomic E-state index is -0.435. The number of benzene rings is 1. The molecular weight excluding hydrogens is 497 g/mol. The fourth-order valence-corrected chi connectivity index (χ4v) is 4.91. The first kappa shape index (κ1) is 27.9. The Bertz CT molecular complexity index is 1410. The molecule has 1 aliphatic heterocycles. The Morgan fingerprint density at radius 1 is 1.10 bits per heavy atom. The van der Waals surface area contributed by atoms with Gasteiger partial charge in [-0.1, -0.05) is 45.1 Å². The van der Waals surface area contributed by atoms with Crippen molar-refractivity contribution in [2.45, 2.75) is 59.0 Å². The average Bonchev–Trinajstić information content (AvgIpc) is 3.59. The zero-order valence-electron chi connectivity index (χ0n) is 22.8. The third-order valence-corrected chi connectivity index (χ3v) is 7.08. The molecule has 4 aromatic rings. The van der Waals surface area contributed by atoms with Crippen molar-refractivity contribution in [1.29, 1.82) is 0 Å². The van der Waals surface area contributed by atoms with Crippen LogP contribution in [0, 0.1) is 18.7 Å². The number of imidazole rings is 1. The van der Waals surface area contributed by atoms with E-state index in [0.717, 1.165) is 31.2 Å². The number of hydrogen-bond acceptors (Lipinski definition) is 5. The Morgan fingerprint density at radius 3 is 2.56 bits per heavy atom. The van der Waals surface area contributed by atoms with Crippen molar-refractivity contribution >= 4 is 23.2 Å². The van der Waals surface area contributed by atoms with Crippen molar-refractivity contribution in [3.8, 4) is 5.82 Å². The second-order valence-corrected chi connectivity index (χ2v) is 9.94. The molecule has 3 aromatic heterocycles. The average molecular weight is 534 g/mol. The van der Waals surface area contributed by atoms with Crippen molar-refractivity contribution in [2.75, 3.05) is 13.6 Å². The van der Waals surface area contributed by atoms with E-state index in [4.69, 9.17) is 0 Å². The number of fused-ring (bicyclic) bond motifs is 2. The fraction of sp³-hybridized carbons (Fsp3) is 0.414. The van der Waals surface area contributed by atoms with Gasteiger partial charge in [-0.3, -0.25) is 9.59 Å². The molecule has 0 spiro atoms. The van der Waals surface area contributed by atoms with Gasteiger partial charge in [0.2, 0.25) is 6.41 Å². The first-order valence-electron chi connectivity index (χ1n) is 13.4. The Labute approximate surface area is 228 Å². The van der Waals surface area contributed by atoms with Crippen LogP contribution in [0.1, 0.15) is 61.0 Å². The molecule has 6 rings (SSSR count). The predicted octanol–water partition coefficient (Wildman–Crippen LogP) is 4.67. The number of halogens is 1. The van der Waals surface area contributed by atoms with Gasteiger partial charge in [-0.25, -0.2) is 19.3 Å². The summed E-state index contributed by atoms with van der Waals surface area (Å²) in [5, 5.41) is 2.81. The topological polar surface area (TPSA) is 97.9 Å². The normalized spacial score (nSPS) is 14.9. The van der Waals surface area contributed by atoms with Gasteiger partial charge >= 0.3 is 0 Å². The molecule has 1 N–H and O–H groups in total. The van der Waals surface area contributed by atoms with E-state index in [0.29, 0.717) is 23.7 Å². The van der Waals surface area contributed by atoms with Gasteiger partial charge in [0, 0.05) is 50.3 Å². The van der Waals surface area contributed by atoms with Crippen molar-refractivity contribution < 1.29 is 14.0 Å². The van der Waals surface area contributed by atoms with Crippen LogP contribution in [0.25, 0.3) is 16.7 Å². The summed E-state index contributed by atoms with van der Waals surface area (Å²) in [6.45, 7) is 6.45. The number of carbonyl (C=O) groups excluding carboxylic acids is 2. The molecule has 0 saturated heterocycles. The zero-order chi connectivity index (χ0) is 27.8. The smallest absolute Gasteiger partial charge is 0.253 e. The molecule has 1 aromatic carbocycles. The molecule has 1 aliphatic carbocycles. The lowest BCUT2D eigenvalue weighted by molar-refractivity contribution is -0.119. The van der Waals surface area contributed by atoms with Gasteiger partial charge < -0.3 is 19.4 Å². The number of aryl methyl sites for hydroxylation is 1. The van der Waals surface area contributed by atoms with Crippen LogP contribution in [-0.2, 0) is 17.9 Å². The van der Waals surface area contributed by atoms with Gasteiger partial charge in [0.25, 0.3) is 5.91 Å². The van der Waals surface area contributed by atoms with Crippen LogP contribution in [-0.4, -0.2) is 54.9 Å². The van der Waals surface area contributed by atoms with Crippen molar-refractivity contribution in [3.63, 3.8) is 0 Å². The van der Waals surface area contributed by atoms with Crippen molar-refractivity contribution in [1.82, 2.24) is 34.3 Å². The summed E-state index contributed by atoms with van der Waals surface area (Å²) in [7, 11) is 1.52. The van der Waals surface area contributed by atoms with Gasteiger partial charge in [-0.15, -0.1) is 0 Å². The Kier molecular flexibility index (Phi) is 9.40. The monoisotopic (exact) mass is 533 g/mol. The van der Waals surface area contributed by atoms with Gasteiger partial charge in [0.05, 0.1) is 17.6 Å². The summed E-state index contributed by atoms with van der Waals surface area (Å²) < 4.78 is 17.9. The van der Waals surface area contributed by atoms with E-state index in [1.54, 1.807) is 53.2 Å². The summed E-state index contributed by atoms with van der Waals surface area (Å²) >= 11 is 0. The molecule has 4 heterocycles. The quantitative estimate of drug-likeness (QED) is 0.386. The molecule has 1 fully saturated rings. The van der Waals surface area contributed by atoms with E-state index in [1.807, 2.05) is 6.20 Å². The summed E-state index contributed by atoms with van der Waals surface area (Å²) in [6.07, 6.45) is 15.2. The fourth-order valence-electron chi connectivity index (χ4n) is 4.91. The van der Waals surface area contributed by atoms with Crippen LogP contribution in [0.2, 0.25) is 0 Å². The number of rotatable bonds is 3. The SMILES string of the molecule is CC1CCCCC1.CNC(=O)c1cn(-c2ccnc(C)n2)c2cccc(F)c12.O=CN1CCn2ccnc2C1. The Morgan fingerprint density at radius 2 is 1.90 bits per heavy atom. The summed E-state index contributed by atoms with van der Waals surface area (Å²) in [5.41, 5.74) is 0.869. The van der Waals surface area contributed by atoms with Gasteiger partial charge in [-0.2, -0.15) is 0 Å². The summed E-state index contributed by atoms with van der Waals surface area (Å²) in [5.74, 6) is 2.43. The van der Waals surface area contributed by atoms with Crippen LogP contribution in [0.3, 0.4) is 0 Å². The molecule has 206 valence electrons. The van der Waals surface area contributed by atoms with Crippen LogP contribution >= 0.6 is 0 Å². The second-order valence-electron chi connectivity index (χ2n) is 9.94. The predicted molar refractivity (Wildman–Crippen MR) is 148 cm³/mol. The molecule has 0 bridgehead atoms. The summed E-state index contributed by atoms with van der Waals surface area (Å²) in [6, 6.07) is 6.41. The molecule has 0 radical (unpaired) electrons. The highest BCUT2D eigenvalue weighted by Crippen LogP contribution is 2.26. The third kappa shape index (κ3) is 6.87. The van der Waals surface area contributed by atoms with Gasteiger partial charge in [-0.05, 0) is 31.0 Å². The number of aromatic nitrogens is 5. The lowest BCUT2D eigenvalue weighted by atomic mass is 9.91. The molecule has 9 nitrogen and oxygen atoms in total. The Balaban J connectivity index is 0.000000162. The number of hydrogen-bond donors (Lipinski definition) is 1. The zero-order valence-corrected chi connectivity index (χ0v) is 22.8. The van der Waals surface area contributed by atoms with E-state index >= 15 is 0 Å². The van der Waals surface area contributed by atoms with Crippen molar-refractivity contribution in [3.05, 3.63) is 72.1 Å². The minimum absolute atomic E-state index is 0.280. The molecule has 1 saturated carbocycles. The Hall–Kier alpha value is -4.08. The van der Waals surface area contributed by atoms with E-state index in [-0.39, 0.29) is 16.9 Å². The first-order chi connectivity index (χ1) is 18.9. The van der Waals surface area contributed by atoms with Crippen LogP contribution in [0.4, 0.5) is 4.39 Å². The first-order valence-corrected chi connectivity index (χ1v) is 13.4.